The van der Waals surface area contributed by atoms with Crippen LogP contribution in [0.3, 0.4) is 0 Å². The largest absolute Gasteiger partial charge is 0.497 e. The van der Waals surface area contributed by atoms with Gasteiger partial charge in [0, 0.05) is 11.3 Å². The van der Waals surface area contributed by atoms with Crippen LogP contribution < -0.4 is 9.64 Å². The molecular formula is C25H19NO6. The topological polar surface area (TPSA) is 93.1 Å². The Labute approximate surface area is 184 Å². The van der Waals surface area contributed by atoms with Gasteiger partial charge >= 0.3 is 17.7 Å². The van der Waals surface area contributed by atoms with Gasteiger partial charge in [-0.15, -0.1) is 0 Å². The quantitative estimate of drug-likeness (QED) is 0.378. The van der Waals surface area contributed by atoms with Crippen molar-refractivity contribution in [2.75, 3.05) is 12.0 Å². The van der Waals surface area contributed by atoms with E-state index in [2.05, 4.69) is 0 Å². The van der Waals surface area contributed by atoms with Crippen LogP contribution in [0, 0.1) is 0 Å². The molecule has 32 heavy (non-hydrogen) atoms. The first-order valence-corrected chi connectivity index (χ1v) is 9.75. The molecule has 1 aliphatic heterocycles. The lowest BCUT2D eigenvalue weighted by Gasteiger charge is -2.43. The van der Waals surface area contributed by atoms with Crippen molar-refractivity contribution in [3.8, 4) is 5.75 Å². The van der Waals surface area contributed by atoms with Crippen LogP contribution >= 0.6 is 0 Å². The molecule has 0 unspecified atom stereocenters. The lowest BCUT2D eigenvalue weighted by Crippen LogP contribution is -2.62. The molecule has 4 rings (SSSR count). The number of anilines is 1. The van der Waals surface area contributed by atoms with Crippen LogP contribution in [0.2, 0.25) is 0 Å². The summed E-state index contributed by atoms with van der Waals surface area (Å²) in [5.74, 6) is -2.78. The second-order valence-corrected chi connectivity index (χ2v) is 7.01. The molecule has 1 N–H and O–H groups in total. The first-order chi connectivity index (χ1) is 15.5. The van der Waals surface area contributed by atoms with Crippen molar-refractivity contribution in [2.45, 2.75) is 5.72 Å². The number of carbonyl (C=O) groups is 3. The lowest BCUT2D eigenvalue weighted by molar-refractivity contribution is -0.182. The number of aliphatic carboxylic acids is 1. The molecule has 0 radical (unpaired) electrons. The van der Waals surface area contributed by atoms with Crippen molar-refractivity contribution >= 4 is 29.6 Å². The normalized spacial score (nSPS) is 19.5. The number of hydrogen-bond acceptors (Lipinski definition) is 5. The number of hydrogen-bond donors (Lipinski definition) is 1. The molecular weight excluding hydrogens is 410 g/mol. The standard InChI is InChI=1S/C25H19NO6/c1-31-20-14-12-19(13-15-20)26-22(27)21(16-17-8-4-2-5-9-17)23(28)32-25(26,24(29)30)18-10-6-3-7-11-18/h2-16H,1H3,(H,29,30)/t25-/m0/s1. The zero-order valence-electron chi connectivity index (χ0n) is 17.1. The molecule has 1 aliphatic rings. The second-order valence-electron chi connectivity index (χ2n) is 7.01. The third-order valence-electron chi connectivity index (χ3n) is 5.10. The molecule has 3 aromatic carbocycles. The summed E-state index contributed by atoms with van der Waals surface area (Å²) in [6.45, 7) is 0. The third kappa shape index (κ3) is 3.50. The Hall–Kier alpha value is -4.39. The van der Waals surface area contributed by atoms with E-state index in [9.17, 15) is 19.5 Å². The van der Waals surface area contributed by atoms with Crippen molar-refractivity contribution < 1.29 is 29.0 Å². The van der Waals surface area contributed by atoms with E-state index in [0.717, 1.165) is 4.90 Å². The molecule has 7 nitrogen and oxygen atoms in total. The predicted molar refractivity (Wildman–Crippen MR) is 117 cm³/mol. The van der Waals surface area contributed by atoms with Crippen LogP contribution in [0.5, 0.6) is 5.75 Å². The van der Waals surface area contributed by atoms with Crippen molar-refractivity contribution in [1.82, 2.24) is 0 Å². The van der Waals surface area contributed by atoms with Crippen molar-refractivity contribution in [3.05, 3.63) is 102 Å². The van der Waals surface area contributed by atoms with Gasteiger partial charge in [0.25, 0.3) is 5.91 Å². The number of ether oxygens (including phenoxy) is 2. The highest BCUT2D eigenvalue weighted by Crippen LogP contribution is 2.41. The summed E-state index contributed by atoms with van der Waals surface area (Å²) in [5.41, 5.74) is -1.69. The lowest BCUT2D eigenvalue weighted by atomic mass is 9.95. The minimum Gasteiger partial charge on any atom is -0.497 e. The second kappa shape index (κ2) is 8.39. The fraction of sp³-hybridized carbons (Fsp3) is 0.0800. The Morgan fingerprint density at radius 3 is 2.09 bits per heavy atom. The molecule has 160 valence electrons. The summed E-state index contributed by atoms with van der Waals surface area (Å²) < 4.78 is 10.7. The Balaban J connectivity index is 1.93. The summed E-state index contributed by atoms with van der Waals surface area (Å²) in [5, 5.41) is 10.3. The summed E-state index contributed by atoms with van der Waals surface area (Å²) in [4.78, 5) is 40.2. The number of methoxy groups -OCH3 is 1. The van der Waals surface area contributed by atoms with E-state index in [0.29, 0.717) is 11.3 Å². The molecule has 1 amide bonds. The molecule has 0 bridgehead atoms. The van der Waals surface area contributed by atoms with E-state index in [1.165, 1.54) is 37.5 Å². The number of carbonyl (C=O) groups excluding carboxylic acids is 2. The summed E-state index contributed by atoms with van der Waals surface area (Å²) in [7, 11) is 1.50. The highest BCUT2D eigenvalue weighted by molar-refractivity contribution is 6.28. The maximum atomic E-state index is 13.7. The average molecular weight is 429 g/mol. The zero-order valence-corrected chi connectivity index (χ0v) is 17.1. The minimum atomic E-state index is -2.38. The van der Waals surface area contributed by atoms with Gasteiger partial charge in [-0.3, -0.25) is 9.69 Å². The zero-order chi connectivity index (χ0) is 22.7. The van der Waals surface area contributed by atoms with Gasteiger partial charge in [0.2, 0.25) is 0 Å². The van der Waals surface area contributed by atoms with Gasteiger partial charge in [-0.05, 0) is 35.9 Å². The van der Waals surface area contributed by atoms with Crippen molar-refractivity contribution in [3.63, 3.8) is 0 Å². The van der Waals surface area contributed by atoms with E-state index >= 15 is 0 Å². The van der Waals surface area contributed by atoms with Gasteiger partial charge in [-0.25, -0.2) is 9.59 Å². The van der Waals surface area contributed by atoms with Crippen LogP contribution in [0.4, 0.5) is 5.69 Å². The number of esters is 1. The number of carboxylic acids is 1. The van der Waals surface area contributed by atoms with Gasteiger partial charge in [-0.1, -0.05) is 60.7 Å². The van der Waals surface area contributed by atoms with Crippen molar-refractivity contribution in [2.24, 2.45) is 0 Å². The van der Waals surface area contributed by atoms with Crippen LogP contribution in [0.1, 0.15) is 11.1 Å². The van der Waals surface area contributed by atoms with Gasteiger partial charge < -0.3 is 14.6 Å². The number of carboxylic acid groups (broad SMARTS) is 1. The molecule has 1 heterocycles. The van der Waals surface area contributed by atoms with E-state index in [1.54, 1.807) is 60.7 Å². The van der Waals surface area contributed by atoms with Crippen LogP contribution in [0.15, 0.2) is 90.5 Å². The predicted octanol–water partition coefficient (Wildman–Crippen LogP) is 3.61. The molecule has 0 aromatic heterocycles. The monoisotopic (exact) mass is 429 g/mol. The number of cyclic esters (lactones) is 1. The highest BCUT2D eigenvalue weighted by atomic mass is 16.6. The maximum absolute atomic E-state index is 13.7. The Morgan fingerprint density at radius 2 is 1.53 bits per heavy atom. The molecule has 1 atom stereocenters. The summed E-state index contributed by atoms with van der Waals surface area (Å²) >= 11 is 0. The molecule has 0 spiro atoms. The highest BCUT2D eigenvalue weighted by Gasteiger charge is 2.58. The molecule has 0 saturated carbocycles. The maximum Gasteiger partial charge on any atom is 0.375 e. The molecule has 1 saturated heterocycles. The van der Waals surface area contributed by atoms with Gasteiger partial charge in [0.15, 0.2) is 0 Å². The minimum absolute atomic E-state index is 0.128. The Bertz CT molecular complexity index is 1190. The Morgan fingerprint density at radius 1 is 0.938 bits per heavy atom. The van der Waals surface area contributed by atoms with Crippen molar-refractivity contribution in [1.29, 1.82) is 0 Å². The first kappa shape index (κ1) is 20.9. The molecule has 0 aliphatic carbocycles. The molecule has 3 aromatic rings. The smallest absolute Gasteiger partial charge is 0.375 e. The number of rotatable bonds is 5. The third-order valence-corrected chi connectivity index (χ3v) is 5.10. The molecule has 1 fully saturated rings. The van der Waals surface area contributed by atoms with Crippen LogP contribution in [0.25, 0.3) is 6.08 Å². The van der Waals surface area contributed by atoms with E-state index < -0.39 is 23.6 Å². The number of benzene rings is 3. The fourth-order valence-electron chi connectivity index (χ4n) is 3.57. The van der Waals surface area contributed by atoms with Crippen LogP contribution in [-0.2, 0) is 24.8 Å². The van der Waals surface area contributed by atoms with Gasteiger partial charge in [-0.2, -0.15) is 0 Å². The number of amides is 1. The van der Waals surface area contributed by atoms with E-state index in [-0.39, 0.29) is 16.8 Å². The average Bonchev–Trinajstić information content (AvgIpc) is 2.82. The molecule has 7 heteroatoms. The Kier molecular flexibility index (Phi) is 5.47. The van der Waals surface area contributed by atoms with Crippen LogP contribution in [-0.4, -0.2) is 30.1 Å². The number of nitrogens with zero attached hydrogens (tertiary/aromatic N) is 1. The fourth-order valence-corrected chi connectivity index (χ4v) is 3.57. The summed E-state index contributed by atoms with van der Waals surface area (Å²) in [6, 6.07) is 23.0. The van der Waals surface area contributed by atoms with Gasteiger partial charge in [0.1, 0.15) is 11.3 Å². The SMILES string of the molecule is COc1ccc(N2C(=O)C(=Cc3ccccc3)C(=O)O[C@]2(C(=O)O)c2ccccc2)cc1. The van der Waals surface area contributed by atoms with E-state index in [4.69, 9.17) is 9.47 Å². The first-order valence-electron chi connectivity index (χ1n) is 9.75. The van der Waals surface area contributed by atoms with E-state index in [1.807, 2.05) is 0 Å². The summed E-state index contributed by atoms with van der Waals surface area (Å²) in [6.07, 6.45) is 1.39. The van der Waals surface area contributed by atoms with Gasteiger partial charge in [0.05, 0.1) is 7.11 Å².